The van der Waals surface area contributed by atoms with E-state index in [1.165, 1.54) is 21.6 Å². The maximum Gasteiger partial charge on any atom is 0.222 e. The topological polar surface area (TPSA) is 190 Å². The first-order valence-electron chi connectivity index (χ1n) is 16.3. The van der Waals surface area contributed by atoms with Crippen molar-refractivity contribution in [1.29, 1.82) is 5.41 Å². The number of amidine groups is 1. The van der Waals surface area contributed by atoms with E-state index >= 15 is 0 Å². The standard InChI is InChI=1S/C30H61N3O13S2/c1-28(47-48-30(31)32)27-33-29(34)3-4-36-7-8-38-11-12-40-15-16-42-19-20-44-23-24-46-26-25-45-22-21-43-18-17-41-14-13-39-10-9-37-6-5-35-2/h28H,3-27H2,1-2H3,(H3,31,32)(H,33,34). The summed E-state index contributed by atoms with van der Waals surface area (Å²) in [5, 5.41) is 10.2. The van der Waals surface area contributed by atoms with Crippen LogP contribution in [0.5, 0.6) is 0 Å². The smallest absolute Gasteiger partial charge is 0.222 e. The number of ether oxygens (including phenoxy) is 12. The van der Waals surface area contributed by atoms with Crippen LogP contribution in [0.3, 0.4) is 0 Å². The van der Waals surface area contributed by atoms with Crippen molar-refractivity contribution in [3.8, 4) is 0 Å². The summed E-state index contributed by atoms with van der Waals surface area (Å²) < 4.78 is 64.7. The maximum atomic E-state index is 11.8. The first kappa shape index (κ1) is 47.2. The van der Waals surface area contributed by atoms with Crippen LogP contribution < -0.4 is 11.1 Å². The van der Waals surface area contributed by atoms with E-state index in [9.17, 15) is 4.79 Å². The van der Waals surface area contributed by atoms with Crippen LogP contribution in [0.1, 0.15) is 13.3 Å². The van der Waals surface area contributed by atoms with Crippen LogP contribution >= 0.6 is 21.6 Å². The van der Waals surface area contributed by atoms with Crippen molar-refractivity contribution in [2.75, 3.05) is 166 Å². The van der Waals surface area contributed by atoms with Gasteiger partial charge < -0.3 is 67.9 Å². The molecule has 48 heavy (non-hydrogen) atoms. The van der Waals surface area contributed by atoms with Crippen molar-refractivity contribution in [2.24, 2.45) is 5.73 Å². The molecule has 4 N–H and O–H groups in total. The van der Waals surface area contributed by atoms with Crippen LogP contribution in [0.4, 0.5) is 0 Å². The van der Waals surface area contributed by atoms with Crippen LogP contribution in [0.25, 0.3) is 0 Å². The molecule has 0 aromatic carbocycles. The lowest BCUT2D eigenvalue weighted by molar-refractivity contribution is -0.122. The molecule has 0 aliphatic carbocycles. The van der Waals surface area contributed by atoms with Gasteiger partial charge in [0.05, 0.1) is 152 Å². The molecule has 1 atom stereocenters. The maximum absolute atomic E-state index is 11.8. The van der Waals surface area contributed by atoms with Gasteiger partial charge in [-0.05, 0) is 10.8 Å². The van der Waals surface area contributed by atoms with Crippen LogP contribution in [0.15, 0.2) is 0 Å². The van der Waals surface area contributed by atoms with Gasteiger partial charge in [0, 0.05) is 25.3 Å². The van der Waals surface area contributed by atoms with Gasteiger partial charge in [-0.1, -0.05) is 17.7 Å². The fraction of sp³-hybridized carbons (Fsp3) is 0.933. The minimum Gasteiger partial charge on any atom is -0.382 e. The summed E-state index contributed by atoms with van der Waals surface area (Å²) in [4.78, 5) is 11.8. The quantitative estimate of drug-likeness (QED) is 0.0349. The number of amides is 1. The lowest BCUT2D eigenvalue weighted by Gasteiger charge is -2.11. The molecule has 0 heterocycles. The number of hydrogen-bond acceptors (Lipinski definition) is 16. The van der Waals surface area contributed by atoms with Crippen molar-refractivity contribution < 1.29 is 61.6 Å². The predicted molar refractivity (Wildman–Crippen MR) is 185 cm³/mol. The molecule has 286 valence electrons. The number of hydrogen-bond donors (Lipinski definition) is 3. The van der Waals surface area contributed by atoms with Gasteiger partial charge in [0.15, 0.2) is 5.17 Å². The summed E-state index contributed by atoms with van der Waals surface area (Å²) >= 11 is 0. The second-order valence-electron chi connectivity index (χ2n) is 9.64. The SMILES string of the molecule is COCCOCCOCCOCCOCCOCCOCCOCCOCCOCCOCCOCCC(=O)NCC(C)SSC(=N)N. The van der Waals surface area contributed by atoms with Crippen molar-refractivity contribution in [2.45, 2.75) is 18.6 Å². The summed E-state index contributed by atoms with van der Waals surface area (Å²) in [6.07, 6.45) is 0.288. The van der Waals surface area contributed by atoms with Gasteiger partial charge >= 0.3 is 0 Å². The van der Waals surface area contributed by atoms with E-state index in [-0.39, 0.29) is 22.7 Å². The zero-order chi connectivity index (χ0) is 35.0. The zero-order valence-corrected chi connectivity index (χ0v) is 30.6. The Labute approximate surface area is 294 Å². The van der Waals surface area contributed by atoms with Gasteiger partial charge in [-0.15, -0.1) is 0 Å². The minimum atomic E-state index is -0.0722. The Bertz CT molecular complexity index is 694. The van der Waals surface area contributed by atoms with Gasteiger partial charge in [0.1, 0.15) is 0 Å². The highest BCUT2D eigenvalue weighted by molar-refractivity contribution is 8.82. The van der Waals surface area contributed by atoms with Gasteiger partial charge in [-0.2, -0.15) is 0 Å². The number of rotatable bonds is 40. The summed E-state index contributed by atoms with van der Waals surface area (Å²) in [7, 11) is 4.28. The Balaban J connectivity index is 3.13. The molecule has 0 aliphatic rings. The largest absolute Gasteiger partial charge is 0.382 e. The van der Waals surface area contributed by atoms with Crippen LogP contribution in [0.2, 0.25) is 0 Å². The third-order valence-corrected chi connectivity index (χ3v) is 8.10. The molecule has 0 spiro atoms. The molecule has 1 unspecified atom stereocenters. The summed E-state index contributed by atoms with van der Waals surface area (Å²) in [5.74, 6) is -0.0722. The molecular formula is C30H61N3O13S2. The molecule has 0 saturated heterocycles. The molecule has 0 radical (unpaired) electrons. The number of nitrogens with one attached hydrogen (secondary N) is 2. The molecular weight excluding hydrogens is 674 g/mol. The number of carbonyl (C=O) groups excluding carboxylic acids is 1. The lowest BCUT2D eigenvalue weighted by Crippen LogP contribution is -2.30. The number of nitrogens with two attached hydrogens (primary N) is 1. The molecule has 0 aromatic rings. The monoisotopic (exact) mass is 735 g/mol. The fourth-order valence-corrected chi connectivity index (χ4v) is 4.55. The number of methoxy groups -OCH3 is 1. The van der Waals surface area contributed by atoms with Crippen molar-refractivity contribution in [3.63, 3.8) is 0 Å². The first-order chi connectivity index (χ1) is 23.6. The highest BCUT2D eigenvalue weighted by Gasteiger charge is 2.07. The van der Waals surface area contributed by atoms with Gasteiger partial charge in [0.2, 0.25) is 5.91 Å². The molecule has 18 heteroatoms. The highest BCUT2D eigenvalue weighted by Crippen LogP contribution is 2.25. The first-order valence-corrected chi connectivity index (χ1v) is 18.6. The van der Waals surface area contributed by atoms with Crippen molar-refractivity contribution >= 4 is 32.7 Å². The van der Waals surface area contributed by atoms with Crippen LogP contribution in [-0.4, -0.2) is 182 Å². The Morgan fingerprint density at radius 3 is 1.08 bits per heavy atom. The van der Waals surface area contributed by atoms with E-state index in [0.29, 0.717) is 159 Å². The van der Waals surface area contributed by atoms with Crippen LogP contribution in [-0.2, 0) is 61.6 Å². The van der Waals surface area contributed by atoms with Crippen molar-refractivity contribution in [3.05, 3.63) is 0 Å². The zero-order valence-electron chi connectivity index (χ0n) is 29.0. The van der Waals surface area contributed by atoms with Crippen molar-refractivity contribution in [1.82, 2.24) is 5.32 Å². The molecule has 0 aliphatic heterocycles. The third kappa shape index (κ3) is 41.3. The Morgan fingerprint density at radius 1 is 0.542 bits per heavy atom. The van der Waals surface area contributed by atoms with Gasteiger partial charge in [-0.3, -0.25) is 10.2 Å². The fourth-order valence-electron chi connectivity index (χ4n) is 3.12. The molecule has 0 fully saturated rings. The normalized spacial score (nSPS) is 12.0. The molecule has 16 nitrogen and oxygen atoms in total. The third-order valence-electron chi connectivity index (χ3n) is 5.51. The molecule has 0 aromatic heterocycles. The van der Waals surface area contributed by atoms with E-state index in [1.807, 2.05) is 6.92 Å². The lowest BCUT2D eigenvalue weighted by atomic mass is 10.4. The molecule has 0 rings (SSSR count). The molecule has 0 saturated carbocycles. The van der Waals surface area contributed by atoms with Crippen LogP contribution in [0, 0.1) is 5.41 Å². The Hall–Kier alpha value is -0.840. The van der Waals surface area contributed by atoms with E-state index < -0.39 is 0 Å². The van der Waals surface area contributed by atoms with Gasteiger partial charge in [0.25, 0.3) is 0 Å². The average Bonchev–Trinajstić information content (AvgIpc) is 3.08. The van der Waals surface area contributed by atoms with E-state index in [4.69, 9.17) is 68.0 Å². The minimum absolute atomic E-state index is 0.0530. The second kappa shape index (κ2) is 40.6. The Morgan fingerprint density at radius 2 is 0.812 bits per heavy atom. The van der Waals surface area contributed by atoms with E-state index in [1.54, 1.807) is 7.11 Å². The van der Waals surface area contributed by atoms with E-state index in [0.717, 1.165) is 0 Å². The predicted octanol–water partition coefficient (Wildman–Crippen LogP) is 0.985. The summed E-state index contributed by atoms with van der Waals surface area (Å²) in [6, 6.07) is 0. The second-order valence-corrected chi connectivity index (χ2v) is 12.3. The Kier molecular flexibility index (Phi) is 39.9. The number of carbonyl (C=O) groups is 1. The summed E-state index contributed by atoms with van der Waals surface area (Å²) in [5.41, 5.74) is 5.29. The summed E-state index contributed by atoms with van der Waals surface area (Å²) in [6.45, 7) is 13.8. The molecule has 0 bridgehead atoms. The van der Waals surface area contributed by atoms with E-state index in [2.05, 4.69) is 5.32 Å². The van der Waals surface area contributed by atoms with Gasteiger partial charge in [-0.25, -0.2) is 0 Å². The average molecular weight is 736 g/mol. The molecule has 1 amide bonds. The highest BCUT2D eigenvalue weighted by atomic mass is 33.1.